The van der Waals surface area contributed by atoms with Crippen LogP contribution < -0.4 is 30.3 Å². The molecule has 3 aliphatic rings. The zero-order valence-electron chi connectivity index (χ0n) is 28.7. The number of piperidine rings is 1. The molecule has 2 saturated heterocycles. The Kier molecular flexibility index (Phi) is 10.3. The van der Waals surface area contributed by atoms with E-state index in [9.17, 15) is 23.2 Å². The summed E-state index contributed by atoms with van der Waals surface area (Å²) in [5.74, 6) is -3.40. The number of anilines is 1. The topological polar surface area (TPSA) is 122 Å². The summed E-state index contributed by atoms with van der Waals surface area (Å²) in [7, 11) is 0. The maximum atomic E-state index is 14.1. The lowest BCUT2D eigenvalue weighted by atomic mass is 9.90. The van der Waals surface area contributed by atoms with Crippen LogP contribution in [0.4, 0.5) is 14.6 Å². The van der Waals surface area contributed by atoms with E-state index in [0.717, 1.165) is 0 Å². The van der Waals surface area contributed by atoms with Crippen molar-refractivity contribution in [2.75, 3.05) is 4.90 Å². The monoisotopic (exact) mass is 797 g/mol. The lowest BCUT2D eigenvalue weighted by Crippen LogP contribution is -2.68. The SMILES string of the molecule is CC(C)(Oc1ccc(Cl)cc1Cl)C(=O)NC1CC2CCC(NC(=O)C(C)(C)Oc3ccc(Cl)cc3Cl)(C1)N2c1ccc(C(=O)NC2CC2(F)F)cn1. The first-order valence-electron chi connectivity index (χ1n) is 16.6. The summed E-state index contributed by atoms with van der Waals surface area (Å²) in [4.78, 5) is 47.0. The van der Waals surface area contributed by atoms with Crippen LogP contribution in [0.3, 0.4) is 0 Å². The Labute approximate surface area is 319 Å². The highest BCUT2D eigenvalue weighted by atomic mass is 35.5. The summed E-state index contributed by atoms with van der Waals surface area (Å²) in [6.07, 6.45) is 2.83. The molecule has 52 heavy (non-hydrogen) atoms. The van der Waals surface area contributed by atoms with E-state index >= 15 is 0 Å². The van der Waals surface area contributed by atoms with Gasteiger partial charge in [-0.05, 0) is 95.5 Å². The lowest BCUT2D eigenvalue weighted by molar-refractivity contribution is -0.137. The van der Waals surface area contributed by atoms with Crippen molar-refractivity contribution in [2.24, 2.45) is 0 Å². The number of nitrogens with zero attached hydrogens (tertiary/aromatic N) is 2. The average Bonchev–Trinajstić information content (AvgIpc) is 3.59. The second-order valence-corrected chi connectivity index (χ2v) is 16.1. The van der Waals surface area contributed by atoms with Crippen molar-refractivity contribution in [2.45, 2.75) is 101 Å². The molecule has 3 N–H and O–H groups in total. The molecule has 0 radical (unpaired) electrons. The van der Waals surface area contributed by atoms with Crippen molar-refractivity contribution < 1.29 is 32.6 Å². The largest absolute Gasteiger partial charge is 0.476 e. The molecule has 1 saturated carbocycles. The molecule has 3 fully saturated rings. The van der Waals surface area contributed by atoms with E-state index in [1.165, 1.54) is 24.4 Å². The number of rotatable bonds is 11. The van der Waals surface area contributed by atoms with Crippen molar-refractivity contribution >= 4 is 69.9 Å². The maximum Gasteiger partial charge on any atom is 0.270 e. The van der Waals surface area contributed by atoms with Gasteiger partial charge < -0.3 is 30.3 Å². The fourth-order valence-corrected chi connectivity index (χ4v) is 7.59. The Balaban J connectivity index is 1.24. The van der Waals surface area contributed by atoms with Gasteiger partial charge in [-0.25, -0.2) is 13.8 Å². The molecule has 278 valence electrons. The quantitative estimate of drug-likeness (QED) is 0.183. The molecule has 6 rings (SSSR count). The van der Waals surface area contributed by atoms with Crippen LogP contribution in [-0.4, -0.2) is 63.6 Å². The zero-order valence-corrected chi connectivity index (χ0v) is 31.7. The third-order valence-electron chi connectivity index (χ3n) is 9.54. The maximum absolute atomic E-state index is 14.1. The predicted octanol–water partition coefficient (Wildman–Crippen LogP) is 7.61. The molecule has 4 atom stereocenters. The first-order chi connectivity index (χ1) is 24.3. The molecule has 3 amide bonds. The highest BCUT2D eigenvalue weighted by Crippen LogP contribution is 2.46. The fraction of sp³-hybridized carbons (Fsp3) is 0.444. The normalized spacial score (nSPS) is 23.4. The summed E-state index contributed by atoms with van der Waals surface area (Å²) >= 11 is 24.8. The Morgan fingerprint density at radius 3 is 1.94 bits per heavy atom. The van der Waals surface area contributed by atoms with Crippen molar-refractivity contribution in [3.05, 3.63) is 80.4 Å². The van der Waals surface area contributed by atoms with Gasteiger partial charge in [-0.3, -0.25) is 14.4 Å². The van der Waals surface area contributed by atoms with Crippen LogP contribution in [0.25, 0.3) is 0 Å². The highest BCUT2D eigenvalue weighted by molar-refractivity contribution is 6.36. The molecule has 2 aromatic carbocycles. The number of ether oxygens (including phenoxy) is 2. The Hall–Kier alpha value is -3.58. The highest BCUT2D eigenvalue weighted by Gasteiger charge is 2.58. The predicted molar refractivity (Wildman–Crippen MR) is 195 cm³/mol. The molecule has 2 bridgehead atoms. The standard InChI is InChI=1S/C36H37Cl4F2N5O5/c1-33(2,51-26-8-6-20(37)13-24(26)39)31(49)44-22-15-23-11-12-35(16-22,46-32(50)34(3,4)52-27-9-7-21(38)14-25(27)40)47(23)29-10-5-19(18-43-29)30(48)45-28-17-36(28,41)42/h5-10,13-14,18,22-23,28H,11-12,15-17H2,1-4H3,(H,44,49)(H,45,48)(H,46,50). The van der Waals surface area contributed by atoms with E-state index in [1.54, 1.807) is 58.0 Å². The average molecular weight is 800 g/mol. The minimum Gasteiger partial charge on any atom is -0.476 e. The first-order valence-corrected chi connectivity index (χ1v) is 18.2. The van der Waals surface area contributed by atoms with Crippen LogP contribution >= 0.6 is 46.4 Å². The Morgan fingerprint density at radius 2 is 1.42 bits per heavy atom. The number of amides is 3. The third-order valence-corrected chi connectivity index (χ3v) is 10.6. The number of hydrogen-bond donors (Lipinski definition) is 3. The van der Waals surface area contributed by atoms with Gasteiger partial charge in [-0.15, -0.1) is 0 Å². The molecular formula is C36H37Cl4F2N5O5. The third kappa shape index (κ3) is 8.00. The molecule has 16 heteroatoms. The van der Waals surface area contributed by atoms with Crippen LogP contribution in [0.1, 0.15) is 70.2 Å². The van der Waals surface area contributed by atoms with Crippen LogP contribution in [0.5, 0.6) is 11.5 Å². The summed E-state index contributed by atoms with van der Waals surface area (Å²) in [5, 5.41) is 9.99. The van der Waals surface area contributed by atoms with Gasteiger partial charge in [0.25, 0.3) is 23.6 Å². The van der Waals surface area contributed by atoms with Crippen LogP contribution in [0, 0.1) is 0 Å². The number of carbonyl (C=O) groups is 3. The molecule has 10 nitrogen and oxygen atoms in total. The van der Waals surface area contributed by atoms with Crippen molar-refractivity contribution in [1.82, 2.24) is 20.9 Å². The number of halogens is 6. The minimum atomic E-state index is -2.91. The number of pyridine rings is 1. The Bertz CT molecular complexity index is 1900. The molecule has 0 spiro atoms. The van der Waals surface area contributed by atoms with Crippen molar-refractivity contribution in [3.63, 3.8) is 0 Å². The van der Waals surface area contributed by atoms with E-state index in [1.807, 2.05) is 4.90 Å². The summed E-state index contributed by atoms with van der Waals surface area (Å²) in [6, 6.07) is 10.8. The van der Waals surface area contributed by atoms with Gasteiger partial charge in [-0.2, -0.15) is 0 Å². The van der Waals surface area contributed by atoms with Gasteiger partial charge in [0.15, 0.2) is 11.2 Å². The van der Waals surface area contributed by atoms with Crippen molar-refractivity contribution in [1.29, 1.82) is 0 Å². The van der Waals surface area contributed by atoms with E-state index in [4.69, 9.17) is 55.9 Å². The number of nitrogens with one attached hydrogen (secondary N) is 3. The van der Waals surface area contributed by atoms with Gasteiger partial charge in [-0.1, -0.05) is 46.4 Å². The van der Waals surface area contributed by atoms with E-state index in [0.29, 0.717) is 40.9 Å². The number of benzene rings is 2. The summed E-state index contributed by atoms with van der Waals surface area (Å²) in [6.45, 7) is 6.48. The van der Waals surface area contributed by atoms with Gasteiger partial charge >= 0.3 is 0 Å². The molecule has 2 aliphatic heterocycles. The Morgan fingerprint density at radius 1 is 0.846 bits per heavy atom. The lowest BCUT2D eigenvalue weighted by Gasteiger charge is -2.49. The smallest absolute Gasteiger partial charge is 0.270 e. The minimum absolute atomic E-state index is 0.122. The van der Waals surface area contributed by atoms with Gasteiger partial charge in [0.2, 0.25) is 0 Å². The second kappa shape index (κ2) is 14.0. The number of alkyl halides is 2. The van der Waals surface area contributed by atoms with Crippen LogP contribution in [0.15, 0.2) is 54.7 Å². The van der Waals surface area contributed by atoms with E-state index < -0.39 is 59.0 Å². The van der Waals surface area contributed by atoms with Crippen LogP contribution in [-0.2, 0) is 9.59 Å². The number of aromatic nitrogens is 1. The molecule has 1 aliphatic carbocycles. The molecular weight excluding hydrogens is 762 g/mol. The van der Waals surface area contributed by atoms with Crippen molar-refractivity contribution in [3.8, 4) is 11.5 Å². The number of carbonyl (C=O) groups excluding carboxylic acids is 3. The number of hydrogen-bond acceptors (Lipinski definition) is 7. The zero-order chi connectivity index (χ0) is 37.8. The molecule has 4 unspecified atom stereocenters. The molecule has 1 aromatic heterocycles. The van der Waals surface area contributed by atoms with Crippen LogP contribution in [0.2, 0.25) is 20.1 Å². The molecule has 3 aromatic rings. The first kappa shape index (κ1) is 38.2. The fourth-order valence-electron chi connectivity index (χ4n) is 6.69. The number of fused-ring (bicyclic) bond motifs is 2. The second-order valence-electron chi connectivity index (χ2n) is 14.4. The van der Waals surface area contributed by atoms with Gasteiger partial charge in [0.1, 0.15) is 23.0 Å². The van der Waals surface area contributed by atoms with E-state index in [2.05, 4.69) is 20.9 Å². The van der Waals surface area contributed by atoms with Gasteiger partial charge in [0, 0.05) is 41.2 Å². The van der Waals surface area contributed by atoms with E-state index in [-0.39, 0.29) is 33.8 Å². The summed E-state index contributed by atoms with van der Waals surface area (Å²) in [5.41, 5.74) is -3.68. The summed E-state index contributed by atoms with van der Waals surface area (Å²) < 4.78 is 39.0. The molecule has 3 heterocycles. The van der Waals surface area contributed by atoms with Gasteiger partial charge in [0.05, 0.1) is 21.7 Å².